The number of methoxy groups -OCH3 is 1. The molecule has 0 N–H and O–H groups in total. The van der Waals surface area contributed by atoms with Crippen LogP contribution in [-0.4, -0.2) is 41.1 Å². The topological polar surface area (TPSA) is 67.7 Å². The van der Waals surface area contributed by atoms with Crippen LogP contribution in [0.25, 0.3) is 11.0 Å². The minimum atomic E-state index is -0.131. The predicted molar refractivity (Wildman–Crippen MR) is 142 cm³/mol. The molecule has 1 aliphatic heterocycles. The van der Waals surface area contributed by atoms with E-state index in [4.69, 9.17) is 9.72 Å². The molecule has 0 bridgehead atoms. The van der Waals surface area contributed by atoms with E-state index in [1.54, 1.807) is 12.0 Å². The predicted octanol–water partition coefficient (Wildman–Crippen LogP) is 5.01. The molecule has 0 unspecified atom stereocenters. The largest absolute Gasteiger partial charge is 0.497 e. The zero-order chi connectivity index (χ0) is 25.2. The van der Waals surface area contributed by atoms with Crippen molar-refractivity contribution in [3.8, 4) is 5.75 Å². The summed E-state index contributed by atoms with van der Waals surface area (Å²) in [6.45, 7) is 4.67. The molecule has 2 heterocycles. The van der Waals surface area contributed by atoms with Gasteiger partial charge in [0.05, 0.1) is 18.1 Å². The molecule has 0 spiro atoms. The van der Waals surface area contributed by atoms with Crippen LogP contribution >= 0.6 is 0 Å². The van der Waals surface area contributed by atoms with Crippen LogP contribution in [0.3, 0.4) is 0 Å². The summed E-state index contributed by atoms with van der Waals surface area (Å²) in [5, 5.41) is 0. The summed E-state index contributed by atoms with van der Waals surface area (Å²) in [4.78, 5) is 35.2. The van der Waals surface area contributed by atoms with Crippen molar-refractivity contribution in [2.45, 2.75) is 38.8 Å². The first-order valence-corrected chi connectivity index (χ1v) is 12.2. The van der Waals surface area contributed by atoms with Crippen molar-refractivity contribution in [1.29, 1.82) is 0 Å². The van der Waals surface area contributed by atoms with Crippen LogP contribution in [0.4, 0.5) is 11.4 Å². The van der Waals surface area contributed by atoms with Gasteiger partial charge >= 0.3 is 0 Å². The average Bonchev–Trinajstić information content (AvgIpc) is 3.45. The Bertz CT molecular complexity index is 1400. The molecule has 36 heavy (non-hydrogen) atoms. The third-order valence-electron chi connectivity index (χ3n) is 6.65. The number of anilines is 2. The first-order valence-electron chi connectivity index (χ1n) is 12.2. The minimum absolute atomic E-state index is 0.00486. The van der Waals surface area contributed by atoms with E-state index in [2.05, 4.69) is 0 Å². The fraction of sp³-hybridized carbons (Fsp3) is 0.276. The van der Waals surface area contributed by atoms with Crippen molar-refractivity contribution in [3.63, 3.8) is 0 Å². The van der Waals surface area contributed by atoms with Crippen LogP contribution in [0.5, 0.6) is 5.75 Å². The van der Waals surface area contributed by atoms with E-state index in [9.17, 15) is 9.59 Å². The minimum Gasteiger partial charge on any atom is -0.497 e. The summed E-state index contributed by atoms with van der Waals surface area (Å²) in [5.74, 6) is 1.35. The number of amides is 2. The molecule has 0 radical (unpaired) electrons. The highest BCUT2D eigenvalue weighted by Crippen LogP contribution is 2.34. The molecule has 1 aliphatic rings. The lowest BCUT2D eigenvalue weighted by molar-refractivity contribution is -0.119. The molecule has 2 amide bonds. The third kappa shape index (κ3) is 4.44. The van der Waals surface area contributed by atoms with Crippen LogP contribution in [0.15, 0.2) is 78.9 Å². The smallest absolute Gasteiger partial charge is 0.247 e. The van der Waals surface area contributed by atoms with E-state index in [0.29, 0.717) is 18.7 Å². The molecule has 5 rings (SSSR count). The van der Waals surface area contributed by atoms with Crippen LogP contribution in [0, 0.1) is 0 Å². The van der Waals surface area contributed by atoms with Crippen LogP contribution in [0.1, 0.15) is 32.0 Å². The highest BCUT2D eigenvalue weighted by Gasteiger charge is 2.35. The van der Waals surface area contributed by atoms with Crippen molar-refractivity contribution >= 4 is 34.2 Å². The number of aromatic nitrogens is 2. The monoisotopic (exact) mass is 482 g/mol. The van der Waals surface area contributed by atoms with Crippen molar-refractivity contribution in [2.24, 2.45) is 0 Å². The molecular formula is C29H30N4O3. The number of fused-ring (bicyclic) bond motifs is 1. The Hall–Kier alpha value is -4.13. The normalized spacial score (nSPS) is 15.6. The summed E-state index contributed by atoms with van der Waals surface area (Å²) in [6, 6.07) is 25.1. The fourth-order valence-corrected chi connectivity index (χ4v) is 5.01. The molecule has 1 atom stereocenters. The Kier molecular flexibility index (Phi) is 6.46. The molecule has 0 aliphatic carbocycles. The average molecular weight is 483 g/mol. The van der Waals surface area contributed by atoms with Crippen molar-refractivity contribution < 1.29 is 14.3 Å². The highest BCUT2D eigenvalue weighted by atomic mass is 16.5. The van der Waals surface area contributed by atoms with Crippen LogP contribution in [0.2, 0.25) is 0 Å². The second-order valence-corrected chi connectivity index (χ2v) is 9.34. The van der Waals surface area contributed by atoms with Gasteiger partial charge < -0.3 is 19.1 Å². The molecule has 1 aromatic heterocycles. The number of imidazole rings is 1. The number of hydrogen-bond acceptors (Lipinski definition) is 4. The van der Waals surface area contributed by atoms with Gasteiger partial charge in [-0.1, -0.05) is 36.4 Å². The molecule has 7 heteroatoms. The second kappa shape index (κ2) is 9.85. The summed E-state index contributed by atoms with van der Waals surface area (Å²) in [6.07, 6.45) is 0.335. The fourth-order valence-electron chi connectivity index (χ4n) is 5.01. The zero-order valence-corrected chi connectivity index (χ0v) is 20.8. The zero-order valence-electron chi connectivity index (χ0n) is 20.8. The van der Waals surface area contributed by atoms with E-state index >= 15 is 0 Å². The van der Waals surface area contributed by atoms with Gasteiger partial charge in [-0.05, 0) is 50.2 Å². The number of hydrogen-bond donors (Lipinski definition) is 0. The van der Waals surface area contributed by atoms with Crippen molar-refractivity contribution in [2.75, 3.05) is 23.5 Å². The van der Waals surface area contributed by atoms with Gasteiger partial charge in [0.2, 0.25) is 11.8 Å². The summed E-state index contributed by atoms with van der Waals surface area (Å²) < 4.78 is 7.33. The lowest BCUT2D eigenvalue weighted by atomic mass is 10.1. The molecule has 1 fully saturated rings. The van der Waals surface area contributed by atoms with E-state index in [1.165, 1.54) is 0 Å². The van der Waals surface area contributed by atoms with E-state index in [0.717, 1.165) is 28.2 Å². The van der Waals surface area contributed by atoms with Gasteiger partial charge in [0, 0.05) is 42.4 Å². The van der Waals surface area contributed by atoms with Crippen LogP contribution in [-0.2, 0) is 16.1 Å². The maximum absolute atomic E-state index is 13.7. The summed E-state index contributed by atoms with van der Waals surface area (Å²) >= 11 is 0. The van der Waals surface area contributed by atoms with Gasteiger partial charge in [-0.15, -0.1) is 0 Å². The van der Waals surface area contributed by atoms with E-state index in [-0.39, 0.29) is 30.3 Å². The van der Waals surface area contributed by atoms with Crippen LogP contribution < -0.4 is 14.5 Å². The van der Waals surface area contributed by atoms with Gasteiger partial charge in [-0.25, -0.2) is 4.98 Å². The number of ether oxygens (including phenoxy) is 1. The summed E-state index contributed by atoms with van der Waals surface area (Å²) in [5.41, 5.74) is 3.38. The third-order valence-corrected chi connectivity index (χ3v) is 6.65. The SMILES string of the molecule is COc1cccc(N2C[C@H](c3nc4ccccc4n3CC(=O)N(c3ccccc3)C(C)C)CC2=O)c1. The number of rotatable bonds is 7. The Morgan fingerprint density at radius 3 is 2.56 bits per heavy atom. The maximum Gasteiger partial charge on any atom is 0.247 e. The number of carbonyl (C=O) groups excluding carboxylic acids is 2. The Morgan fingerprint density at radius 2 is 1.81 bits per heavy atom. The van der Waals surface area contributed by atoms with Crippen molar-refractivity contribution in [1.82, 2.24) is 9.55 Å². The van der Waals surface area contributed by atoms with Gasteiger partial charge in [-0.2, -0.15) is 0 Å². The first kappa shape index (κ1) is 23.6. The molecule has 3 aromatic carbocycles. The Labute approximate surface area is 210 Å². The lowest BCUT2D eigenvalue weighted by Crippen LogP contribution is -2.39. The van der Waals surface area contributed by atoms with E-state index < -0.39 is 0 Å². The quantitative estimate of drug-likeness (QED) is 0.372. The van der Waals surface area contributed by atoms with Gasteiger partial charge in [0.25, 0.3) is 0 Å². The molecule has 1 saturated heterocycles. The second-order valence-electron chi connectivity index (χ2n) is 9.34. The molecular weight excluding hydrogens is 452 g/mol. The maximum atomic E-state index is 13.7. The van der Waals surface area contributed by atoms with Crippen molar-refractivity contribution in [3.05, 3.63) is 84.7 Å². The Morgan fingerprint density at radius 1 is 1.06 bits per heavy atom. The molecule has 7 nitrogen and oxygen atoms in total. The lowest BCUT2D eigenvalue weighted by Gasteiger charge is -2.27. The first-order chi connectivity index (χ1) is 17.5. The summed E-state index contributed by atoms with van der Waals surface area (Å²) in [7, 11) is 1.61. The van der Waals surface area contributed by atoms with Gasteiger partial charge in [0.1, 0.15) is 18.1 Å². The highest BCUT2D eigenvalue weighted by molar-refractivity contribution is 5.97. The van der Waals surface area contributed by atoms with E-state index in [1.807, 2.05) is 102 Å². The van der Waals surface area contributed by atoms with Gasteiger partial charge in [-0.3, -0.25) is 9.59 Å². The van der Waals surface area contributed by atoms with Gasteiger partial charge in [0.15, 0.2) is 0 Å². The number of carbonyl (C=O) groups is 2. The number of para-hydroxylation sites is 3. The standard InChI is InChI=1S/C29H30N4O3/c1-20(2)33(22-10-5-4-6-11-22)28(35)19-32-26-15-8-7-14-25(26)30-29(32)21-16-27(34)31(18-21)23-12-9-13-24(17-23)36-3/h4-15,17,20-21H,16,18-19H2,1-3H3/t21-/m1/s1. The Balaban J connectivity index is 1.49. The number of benzene rings is 3. The molecule has 184 valence electrons. The number of nitrogens with zero attached hydrogens (tertiary/aromatic N) is 4. The molecule has 4 aromatic rings. The molecule has 0 saturated carbocycles.